The summed E-state index contributed by atoms with van der Waals surface area (Å²) in [5.41, 5.74) is 2.95. The molecule has 4 rings (SSSR count). The van der Waals surface area contributed by atoms with E-state index in [1.165, 1.54) is 17.6 Å². The topological polar surface area (TPSA) is 77.0 Å². The number of carbonyl (C=O) groups excluding carboxylic acids is 2. The lowest BCUT2D eigenvalue weighted by Crippen LogP contribution is -2.33. The lowest BCUT2D eigenvalue weighted by molar-refractivity contribution is -0.127. The van der Waals surface area contributed by atoms with Crippen LogP contribution in [0.3, 0.4) is 0 Å². The predicted molar refractivity (Wildman–Crippen MR) is 138 cm³/mol. The molecule has 0 radical (unpaired) electrons. The summed E-state index contributed by atoms with van der Waals surface area (Å²) in [5.74, 6) is -0.159. The van der Waals surface area contributed by atoms with Crippen LogP contribution in [-0.2, 0) is 4.79 Å². The van der Waals surface area contributed by atoms with Gasteiger partial charge in [0.1, 0.15) is 16.4 Å². The maximum Gasteiger partial charge on any atom is 0.355 e. The number of carbonyl (C=O) groups is 2. The fourth-order valence-corrected chi connectivity index (χ4v) is 4.78. The minimum atomic E-state index is -0.779. The summed E-state index contributed by atoms with van der Waals surface area (Å²) in [7, 11) is 0. The molecule has 1 amide bonds. The van der Waals surface area contributed by atoms with Gasteiger partial charge in [0.15, 0.2) is 6.10 Å². The Morgan fingerprint density at radius 3 is 2.47 bits per heavy atom. The van der Waals surface area contributed by atoms with Gasteiger partial charge in [-0.1, -0.05) is 54.1 Å². The van der Waals surface area contributed by atoms with E-state index in [4.69, 9.17) is 21.1 Å². The molecule has 172 valence electrons. The van der Waals surface area contributed by atoms with Crippen LogP contribution in [0, 0.1) is 0 Å². The number of esters is 1. The lowest BCUT2D eigenvalue weighted by atomic mass is 10.2. The summed E-state index contributed by atoms with van der Waals surface area (Å²) in [5, 5.41) is 5.16. The molecule has 1 aromatic heterocycles. The second-order valence-electron chi connectivity index (χ2n) is 7.09. The second-order valence-corrected chi connectivity index (χ2v) is 9.38. The van der Waals surface area contributed by atoms with Crippen molar-refractivity contribution in [2.45, 2.75) is 13.0 Å². The van der Waals surface area contributed by atoms with E-state index >= 15 is 0 Å². The van der Waals surface area contributed by atoms with Crippen molar-refractivity contribution in [2.75, 3.05) is 0 Å². The van der Waals surface area contributed by atoms with Crippen molar-refractivity contribution in [1.82, 2.24) is 5.43 Å². The molecular weight excluding hydrogens is 540 g/mol. The summed E-state index contributed by atoms with van der Waals surface area (Å²) in [6, 6.07) is 21.6. The first-order valence-corrected chi connectivity index (χ1v) is 12.1. The number of nitrogens with one attached hydrogen (secondary N) is 1. The summed E-state index contributed by atoms with van der Waals surface area (Å²) in [6.45, 7) is 1.62. The molecule has 1 heterocycles. The Hall–Kier alpha value is -3.20. The number of amides is 1. The molecule has 0 aliphatic heterocycles. The highest BCUT2D eigenvalue weighted by Gasteiger charge is 2.20. The maximum atomic E-state index is 12.8. The Bertz CT molecular complexity index is 1390. The van der Waals surface area contributed by atoms with Crippen LogP contribution in [0.15, 0.2) is 82.4 Å². The van der Waals surface area contributed by atoms with Crippen molar-refractivity contribution in [1.29, 1.82) is 0 Å². The van der Waals surface area contributed by atoms with E-state index in [0.717, 1.165) is 14.6 Å². The molecule has 0 bridgehead atoms. The number of benzene rings is 3. The van der Waals surface area contributed by atoms with Crippen molar-refractivity contribution in [3.8, 4) is 11.5 Å². The van der Waals surface area contributed by atoms with Crippen molar-refractivity contribution in [3.05, 3.63) is 92.7 Å². The summed E-state index contributed by atoms with van der Waals surface area (Å²) in [4.78, 5) is 25.5. The van der Waals surface area contributed by atoms with Crippen LogP contribution in [0.2, 0.25) is 5.02 Å². The Morgan fingerprint density at radius 2 is 1.71 bits per heavy atom. The molecule has 4 aromatic rings. The average molecular weight is 558 g/mol. The first kappa shape index (κ1) is 23.9. The quantitative estimate of drug-likeness (QED) is 0.123. The standard InChI is InChI=1S/C25H18BrClN2O4S/c1-15(32-20-12-6-4-10-18(20)26)24(30)29-28-14-16-8-2-5-11-19(16)33-25(31)23-22(27)17-9-3-7-13-21(17)34-23/h2-15H,1H3,(H,29,30)/b28-14-/t15-/m0/s1. The second kappa shape index (κ2) is 10.8. The number of ether oxygens (including phenoxy) is 2. The highest BCUT2D eigenvalue weighted by atomic mass is 79.9. The monoisotopic (exact) mass is 556 g/mol. The van der Waals surface area contributed by atoms with E-state index < -0.39 is 18.0 Å². The Balaban J connectivity index is 1.42. The van der Waals surface area contributed by atoms with E-state index in [9.17, 15) is 9.59 Å². The van der Waals surface area contributed by atoms with Gasteiger partial charge in [-0.2, -0.15) is 5.10 Å². The van der Waals surface area contributed by atoms with Gasteiger partial charge in [0, 0.05) is 15.6 Å². The zero-order valence-electron chi connectivity index (χ0n) is 17.8. The van der Waals surface area contributed by atoms with Crippen LogP contribution >= 0.6 is 38.9 Å². The van der Waals surface area contributed by atoms with Crippen molar-refractivity contribution < 1.29 is 19.1 Å². The van der Waals surface area contributed by atoms with Gasteiger partial charge in [0.05, 0.1) is 15.7 Å². The van der Waals surface area contributed by atoms with Crippen LogP contribution in [0.1, 0.15) is 22.2 Å². The molecule has 0 saturated heterocycles. The molecule has 0 aliphatic rings. The minimum absolute atomic E-state index is 0.288. The Labute approximate surface area is 213 Å². The van der Waals surface area contributed by atoms with E-state index in [0.29, 0.717) is 21.2 Å². The number of hydrogen-bond acceptors (Lipinski definition) is 6. The van der Waals surface area contributed by atoms with Gasteiger partial charge in [0.25, 0.3) is 5.91 Å². The number of para-hydroxylation sites is 2. The van der Waals surface area contributed by atoms with Crippen LogP contribution in [0.25, 0.3) is 10.1 Å². The number of nitrogens with zero attached hydrogens (tertiary/aromatic N) is 1. The number of fused-ring (bicyclic) bond motifs is 1. The Kier molecular flexibility index (Phi) is 7.62. The molecular formula is C25H18BrClN2O4S. The molecule has 0 fully saturated rings. The number of thiophene rings is 1. The maximum absolute atomic E-state index is 12.8. The van der Waals surface area contributed by atoms with Crippen molar-refractivity contribution >= 4 is 67.0 Å². The SMILES string of the molecule is C[C@H](Oc1ccccc1Br)C(=O)N/N=C\c1ccccc1OC(=O)c1sc2ccccc2c1Cl. The first-order chi connectivity index (χ1) is 16.4. The largest absolute Gasteiger partial charge is 0.480 e. The predicted octanol–water partition coefficient (Wildman–Crippen LogP) is 6.45. The van der Waals surface area contributed by atoms with Crippen molar-refractivity contribution in [2.24, 2.45) is 5.10 Å². The first-order valence-electron chi connectivity index (χ1n) is 10.2. The molecule has 34 heavy (non-hydrogen) atoms. The fraction of sp³-hybridized carbons (Fsp3) is 0.0800. The van der Waals surface area contributed by atoms with Gasteiger partial charge in [-0.3, -0.25) is 4.79 Å². The van der Waals surface area contributed by atoms with Crippen LogP contribution in [0.4, 0.5) is 0 Å². The third-order valence-electron chi connectivity index (χ3n) is 4.73. The highest BCUT2D eigenvalue weighted by molar-refractivity contribution is 9.10. The van der Waals surface area contributed by atoms with Gasteiger partial charge >= 0.3 is 5.97 Å². The number of halogens is 2. The molecule has 1 atom stereocenters. The zero-order chi connectivity index (χ0) is 24.1. The Morgan fingerprint density at radius 1 is 1.03 bits per heavy atom. The summed E-state index contributed by atoms with van der Waals surface area (Å²) in [6.07, 6.45) is 0.622. The molecule has 6 nitrogen and oxygen atoms in total. The third kappa shape index (κ3) is 5.47. The van der Waals surface area contributed by atoms with Crippen LogP contribution < -0.4 is 14.9 Å². The van der Waals surface area contributed by atoms with E-state index in [1.54, 1.807) is 37.3 Å². The summed E-state index contributed by atoms with van der Waals surface area (Å²) >= 11 is 11.0. The van der Waals surface area contributed by atoms with Gasteiger partial charge in [0.2, 0.25) is 0 Å². The van der Waals surface area contributed by atoms with E-state index in [1.807, 2.05) is 42.5 Å². The molecule has 1 N–H and O–H groups in total. The molecule has 3 aromatic carbocycles. The van der Waals surface area contributed by atoms with Gasteiger partial charge in [-0.25, -0.2) is 10.2 Å². The average Bonchev–Trinajstić information content (AvgIpc) is 3.18. The third-order valence-corrected chi connectivity index (χ3v) is 7.04. The summed E-state index contributed by atoms with van der Waals surface area (Å²) < 4.78 is 12.9. The van der Waals surface area contributed by atoms with Crippen LogP contribution in [0.5, 0.6) is 11.5 Å². The van der Waals surface area contributed by atoms with E-state index in [-0.39, 0.29) is 5.75 Å². The van der Waals surface area contributed by atoms with Gasteiger partial charge < -0.3 is 9.47 Å². The molecule has 0 unspecified atom stereocenters. The number of rotatable bonds is 7. The normalized spacial score (nSPS) is 12.0. The van der Waals surface area contributed by atoms with Gasteiger partial charge in [-0.15, -0.1) is 11.3 Å². The van der Waals surface area contributed by atoms with Gasteiger partial charge in [-0.05, 0) is 53.2 Å². The van der Waals surface area contributed by atoms with Crippen LogP contribution in [-0.4, -0.2) is 24.2 Å². The molecule has 0 spiro atoms. The fourth-order valence-electron chi connectivity index (χ4n) is 3.01. The van der Waals surface area contributed by atoms with Crippen molar-refractivity contribution in [3.63, 3.8) is 0 Å². The number of hydrogen-bond donors (Lipinski definition) is 1. The molecule has 0 aliphatic carbocycles. The zero-order valence-corrected chi connectivity index (χ0v) is 21.0. The highest BCUT2D eigenvalue weighted by Crippen LogP contribution is 2.36. The molecule has 0 saturated carbocycles. The lowest BCUT2D eigenvalue weighted by Gasteiger charge is -2.14. The minimum Gasteiger partial charge on any atom is -0.480 e. The number of hydrazone groups is 1. The van der Waals surface area contributed by atoms with E-state index in [2.05, 4.69) is 26.5 Å². The smallest absolute Gasteiger partial charge is 0.355 e. The molecule has 9 heteroatoms.